The molecule has 0 aliphatic carbocycles. The highest BCUT2D eigenvalue weighted by Gasteiger charge is 2.64. The fourth-order valence-corrected chi connectivity index (χ4v) is 9.82. The van der Waals surface area contributed by atoms with Gasteiger partial charge in [0.2, 0.25) is 0 Å². The highest BCUT2D eigenvalue weighted by Crippen LogP contribution is 2.43. The van der Waals surface area contributed by atoms with Gasteiger partial charge in [0, 0.05) is 91.9 Å². The molecule has 21 heteroatoms. The maximum absolute atomic E-state index is 9.36. The normalized spacial score (nSPS) is 24.0. The van der Waals surface area contributed by atoms with E-state index in [0.29, 0.717) is 32.5 Å². The van der Waals surface area contributed by atoms with Crippen molar-refractivity contribution < 1.29 is 56.7 Å². The van der Waals surface area contributed by atoms with Crippen LogP contribution < -0.4 is 20.2 Å². The van der Waals surface area contributed by atoms with Crippen LogP contribution in [-0.4, -0.2) is 177 Å². The maximum atomic E-state index is 9.36. The number of aliphatic hydroxyl groups excluding tert-OH is 1. The van der Waals surface area contributed by atoms with Gasteiger partial charge < -0.3 is 71.4 Å². The van der Waals surface area contributed by atoms with Crippen molar-refractivity contribution in [3.8, 4) is 0 Å². The Morgan fingerprint density at radius 2 is 0.782 bits per heavy atom. The van der Waals surface area contributed by atoms with Crippen LogP contribution in [0.15, 0.2) is 81.7 Å². The first-order valence-corrected chi connectivity index (χ1v) is 30.2. The molecule has 3 unspecified atom stereocenters. The van der Waals surface area contributed by atoms with Gasteiger partial charge in [-0.1, -0.05) is 59.9 Å². The maximum Gasteiger partial charge on any atom is 0.494 e. The van der Waals surface area contributed by atoms with E-state index in [1.165, 1.54) is 17.1 Å². The number of alkyl halides is 1. The largest absolute Gasteiger partial charge is 0.494 e. The summed E-state index contributed by atoms with van der Waals surface area (Å²) in [5.74, 6) is 0. The minimum absolute atomic E-state index is 0.149. The number of ether oxygens (including phenoxy) is 5. The predicted molar refractivity (Wildman–Crippen MR) is 328 cm³/mol. The van der Waals surface area contributed by atoms with E-state index in [9.17, 15) is 5.11 Å². The van der Waals surface area contributed by atoms with E-state index in [-0.39, 0.29) is 52.9 Å². The Balaban J connectivity index is 0.000000190. The lowest BCUT2D eigenvalue weighted by molar-refractivity contribution is 0.00578. The molecule has 6 aliphatic rings. The zero-order valence-electron chi connectivity index (χ0n) is 49.4. The monoisotopic (exact) mass is 1280 g/mol. The summed E-state index contributed by atoms with van der Waals surface area (Å²) in [6, 6.07) is 25.2. The fraction of sp³-hybridized carbons (Fsp3) is 0.684. The van der Waals surface area contributed by atoms with Crippen molar-refractivity contribution in [2.45, 2.75) is 154 Å². The number of hydrogen-bond acceptors (Lipinski definition) is 15. The van der Waals surface area contributed by atoms with E-state index >= 15 is 0 Å². The van der Waals surface area contributed by atoms with E-state index in [1.54, 1.807) is 21.3 Å². The Morgan fingerprint density at radius 3 is 1.09 bits per heavy atom. The van der Waals surface area contributed by atoms with E-state index in [0.717, 1.165) is 84.9 Å². The molecule has 78 heavy (non-hydrogen) atoms. The number of hydrogen-bond donors (Lipinski definition) is 1. The summed E-state index contributed by atoms with van der Waals surface area (Å²) < 4.78 is 64.6. The van der Waals surface area contributed by atoms with Crippen LogP contribution in [0, 0.1) is 0 Å². The van der Waals surface area contributed by atoms with Crippen molar-refractivity contribution in [2.24, 2.45) is 0 Å². The number of halogens is 3. The molecule has 6 aliphatic heterocycles. The molecule has 3 aromatic rings. The second-order valence-corrected chi connectivity index (χ2v) is 26.0. The van der Waals surface area contributed by atoms with Crippen molar-refractivity contribution >= 4 is 91.5 Å². The van der Waals surface area contributed by atoms with Crippen molar-refractivity contribution in [2.75, 3.05) is 114 Å². The molecule has 1 N–H and O–H groups in total. The number of anilines is 3. The third kappa shape index (κ3) is 19.1. The van der Waals surface area contributed by atoms with Crippen molar-refractivity contribution in [3.63, 3.8) is 0 Å². The highest BCUT2D eigenvalue weighted by molar-refractivity contribution is 9.10. The molecule has 15 nitrogen and oxygen atoms in total. The SMILES string of the molecule is CC1(C)OB(B2OC(C)(C)C(C)(C)O2)OC1(C)C.COCCBr.COCCOC1CCN(c2ccc(B3OC(C)(C)C(C)(C)O3)cc2)C1.COCCOC1CCN(c2ccc(Br)cc2)C1.OC1CCN(c2ccc(Br)cc2)C1. The Bertz CT molecular complexity index is 2130. The molecule has 6 heterocycles. The highest BCUT2D eigenvalue weighted by atomic mass is 79.9. The van der Waals surface area contributed by atoms with Crippen molar-refractivity contribution in [1.29, 1.82) is 0 Å². The zero-order valence-corrected chi connectivity index (χ0v) is 54.2. The number of rotatable bonds is 15. The summed E-state index contributed by atoms with van der Waals surface area (Å²) in [5.41, 5.74) is 2.69. The average molecular weight is 1280 g/mol. The quantitative estimate of drug-likeness (QED) is 0.0879. The molecule has 0 bridgehead atoms. The molecule has 3 atom stereocenters. The summed E-state index contributed by atoms with van der Waals surface area (Å²) in [5, 5.41) is 10.3. The summed E-state index contributed by atoms with van der Waals surface area (Å²) in [7, 11) is 3.83. The molecule has 3 aromatic carbocycles. The minimum atomic E-state index is -0.476. The molecular weight excluding hydrogens is 1190 g/mol. The smallest absolute Gasteiger partial charge is 0.405 e. The zero-order chi connectivity index (χ0) is 57.5. The summed E-state index contributed by atoms with van der Waals surface area (Å²) in [6.07, 6.45) is 3.52. The lowest BCUT2D eigenvalue weighted by Crippen LogP contribution is -2.41. The fourth-order valence-electron chi connectivity index (χ4n) is 8.97. The minimum Gasteiger partial charge on any atom is -0.405 e. The van der Waals surface area contributed by atoms with Gasteiger partial charge in [0.15, 0.2) is 0 Å². The third-order valence-corrected chi connectivity index (χ3v) is 17.3. The number of aliphatic hydroxyl groups is 1. The molecular formula is C57H91B3Br3N3O12. The van der Waals surface area contributed by atoms with E-state index in [2.05, 4.69) is 156 Å². The van der Waals surface area contributed by atoms with Crippen LogP contribution >= 0.6 is 47.8 Å². The van der Waals surface area contributed by atoms with Crippen LogP contribution in [0.25, 0.3) is 0 Å². The Kier molecular flexibility index (Phi) is 25.9. The lowest BCUT2D eigenvalue weighted by atomic mass is 9.49. The molecule has 0 aromatic heterocycles. The van der Waals surface area contributed by atoms with Crippen LogP contribution in [0.3, 0.4) is 0 Å². The molecule has 6 fully saturated rings. The van der Waals surface area contributed by atoms with Gasteiger partial charge in [-0.05, 0) is 168 Å². The van der Waals surface area contributed by atoms with E-state index in [1.807, 2.05) is 67.5 Å². The Hall–Kier alpha value is -1.79. The van der Waals surface area contributed by atoms with Gasteiger partial charge >= 0.3 is 21.1 Å². The van der Waals surface area contributed by atoms with E-state index < -0.39 is 14.0 Å². The number of nitrogens with zero attached hydrogens (tertiary/aromatic N) is 3. The second kappa shape index (κ2) is 30.2. The van der Waals surface area contributed by atoms with Gasteiger partial charge in [0.25, 0.3) is 0 Å². The predicted octanol–water partition coefficient (Wildman–Crippen LogP) is 10.2. The molecule has 0 radical (unpaired) electrons. The van der Waals surface area contributed by atoms with Crippen LogP contribution in [0.1, 0.15) is 102 Å². The topological polar surface area (TPSA) is 131 Å². The van der Waals surface area contributed by atoms with Gasteiger partial charge in [-0.3, -0.25) is 0 Å². The average Bonchev–Trinajstić information content (AvgIpc) is 4.32. The van der Waals surface area contributed by atoms with Gasteiger partial charge in [0.1, 0.15) is 0 Å². The van der Waals surface area contributed by atoms with Crippen LogP contribution in [0.2, 0.25) is 0 Å². The molecule has 6 saturated heterocycles. The van der Waals surface area contributed by atoms with Crippen LogP contribution in [-0.2, 0) is 51.6 Å². The standard InChI is InChI=1S/C19H30BNO4.C13H18BrNO2.C12H24B2O4.C10H12BrNO.C3H7BrO/c1-18(2)19(3,4)25-20(24-18)15-6-8-16(9-7-15)21-11-10-17(14-21)23-13-12-22-5;1-16-8-9-17-13-6-7-15(10-13)12-4-2-11(14)3-5-12;1-9(2)10(3,4)16-13(15-9)14-17-11(5,6)12(7,8)18-14;11-8-1-3-9(4-2-8)12-6-5-10(13)7-12;1-5-3-2-4/h6-9,17H,10-14H2,1-5H3;2-5,13H,6-10H2,1H3;1-8H3;1-4,10,13H,5-7H2;2-3H2,1H3. The Morgan fingerprint density at radius 1 is 0.462 bits per heavy atom. The lowest BCUT2D eigenvalue weighted by Gasteiger charge is -2.32. The third-order valence-electron chi connectivity index (χ3n) is 15.9. The number of β-amino-alcohol motifs (C(OH)–C–C–N with tert-alkyl or cyclic N) is 1. The summed E-state index contributed by atoms with van der Waals surface area (Å²) >= 11 is 10.0. The van der Waals surface area contributed by atoms with Gasteiger partial charge in [-0.2, -0.15) is 0 Å². The molecule has 0 saturated carbocycles. The second-order valence-electron chi connectivity index (χ2n) is 23.4. The van der Waals surface area contributed by atoms with E-state index in [4.69, 9.17) is 46.9 Å². The molecule has 436 valence electrons. The molecule has 9 rings (SSSR count). The van der Waals surface area contributed by atoms with Gasteiger partial charge in [0.05, 0.1) is 85.0 Å². The number of benzene rings is 3. The van der Waals surface area contributed by atoms with Crippen LogP contribution in [0.5, 0.6) is 0 Å². The van der Waals surface area contributed by atoms with Crippen molar-refractivity contribution in [1.82, 2.24) is 0 Å². The summed E-state index contributed by atoms with van der Waals surface area (Å²) in [6.45, 7) is 33.7. The van der Waals surface area contributed by atoms with Gasteiger partial charge in [-0.25, -0.2) is 0 Å². The first-order valence-electron chi connectivity index (χ1n) is 27.5. The first-order chi connectivity index (χ1) is 36.7. The van der Waals surface area contributed by atoms with Crippen LogP contribution in [0.4, 0.5) is 17.1 Å². The number of methoxy groups -OCH3 is 3. The van der Waals surface area contributed by atoms with Gasteiger partial charge in [-0.15, -0.1) is 0 Å². The summed E-state index contributed by atoms with van der Waals surface area (Å²) in [4.78, 5) is 6.94. The Labute approximate surface area is 494 Å². The molecule has 0 spiro atoms. The first kappa shape index (κ1) is 67.0. The van der Waals surface area contributed by atoms with Crippen molar-refractivity contribution in [3.05, 3.63) is 81.7 Å². The molecule has 0 amide bonds.